The monoisotopic (exact) mass is 365 g/mol. The molecular formula is C18H20ClNO3S. The standard InChI is InChI=1S/C18H20ClNO3S/c1-11(14-9-12(22-2)5-8-17(14)23-3)20-18(21)15-10-13(24-4)6-7-16(15)19/h5-11H,1-4H3,(H,20,21). The number of halogens is 1. The summed E-state index contributed by atoms with van der Waals surface area (Å²) in [6, 6.07) is 10.6. The van der Waals surface area contributed by atoms with Crippen LogP contribution in [0.2, 0.25) is 5.02 Å². The van der Waals surface area contributed by atoms with Gasteiger partial charge >= 0.3 is 0 Å². The van der Waals surface area contributed by atoms with Crippen LogP contribution in [0, 0.1) is 0 Å². The Hall–Kier alpha value is -1.85. The van der Waals surface area contributed by atoms with Crippen LogP contribution in [0.3, 0.4) is 0 Å². The molecule has 0 bridgehead atoms. The molecule has 2 rings (SSSR count). The van der Waals surface area contributed by atoms with Crippen molar-refractivity contribution in [1.29, 1.82) is 0 Å². The van der Waals surface area contributed by atoms with E-state index >= 15 is 0 Å². The summed E-state index contributed by atoms with van der Waals surface area (Å²) in [6.07, 6.45) is 1.95. The first-order valence-corrected chi connectivity index (χ1v) is 8.96. The number of nitrogens with one attached hydrogen (secondary N) is 1. The summed E-state index contributed by atoms with van der Waals surface area (Å²) in [4.78, 5) is 13.6. The Kier molecular flexibility index (Phi) is 6.40. The van der Waals surface area contributed by atoms with Crippen LogP contribution >= 0.6 is 23.4 Å². The molecular weight excluding hydrogens is 346 g/mol. The van der Waals surface area contributed by atoms with Crippen molar-refractivity contribution in [3.05, 3.63) is 52.5 Å². The number of benzene rings is 2. The zero-order valence-electron chi connectivity index (χ0n) is 14.1. The fourth-order valence-corrected chi connectivity index (χ4v) is 2.98. The summed E-state index contributed by atoms with van der Waals surface area (Å²) >= 11 is 7.73. The van der Waals surface area contributed by atoms with Crippen molar-refractivity contribution < 1.29 is 14.3 Å². The minimum atomic E-state index is -0.267. The number of ether oxygens (including phenoxy) is 2. The topological polar surface area (TPSA) is 47.6 Å². The molecule has 1 atom stereocenters. The van der Waals surface area contributed by atoms with Gasteiger partial charge in [-0.15, -0.1) is 11.8 Å². The Balaban J connectivity index is 2.26. The lowest BCUT2D eigenvalue weighted by atomic mass is 10.1. The van der Waals surface area contributed by atoms with E-state index in [0.29, 0.717) is 22.1 Å². The van der Waals surface area contributed by atoms with Crippen LogP contribution < -0.4 is 14.8 Å². The van der Waals surface area contributed by atoms with E-state index in [1.54, 1.807) is 38.1 Å². The number of methoxy groups -OCH3 is 2. The highest BCUT2D eigenvalue weighted by Crippen LogP contribution is 2.30. The second kappa shape index (κ2) is 8.31. The molecule has 2 aromatic rings. The maximum atomic E-state index is 12.6. The zero-order valence-corrected chi connectivity index (χ0v) is 15.6. The SMILES string of the molecule is COc1ccc(OC)c(C(C)NC(=O)c2cc(SC)ccc2Cl)c1. The Labute approximate surface area is 151 Å². The molecule has 4 nitrogen and oxygen atoms in total. The molecule has 1 unspecified atom stereocenters. The number of thioether (sulfide) groups is 1. The Morgan fingerprint density at radius 2 is 1.92 bits per heavy atom. The third-order valence-corrected chi connectivity index (χ3v) is 4.72. The van der Waals surface area contributed by atoms with Crippen LogP contribution in [0.1, 0.15) is 28.9 Å². The zero-order chi connectivity index (χ0) is 17.7. The number of rotatable bonds is 6. The van der Waals surface area contributed by atoms with Gasteiger partial charge in [-0.1, -0.05) is 11.6 Å². The van der Waals surface area contributed by atoms with Crippen molar-refractivity contribution in [2.75, 3.05) is 20.5 Å². The average Bonchev–Trinajstić information content (AvgIpc) is 2.61. The van der Waals surface area contributed by atoms with Crippen molar-refractivity contribution in [2.45, 2.75) is 17.9 Å². The van der Waals surface area contributed by atoms with Crippen LogP contribution in [0.4, 0.5) is 0 Å². The normalized spacial score (nSPS) is 11.7. The number of amides is 1. The highest BCUT2D eigenvalue weighted by molar-refractivity contribution is 7.98. The molecule has 0 fully saturated rings. The minimum absolute atomic E-state index is 0.228. The van der Waals surface area contributed by atoms with E-state index in [2.05, 4.69) is 5.32 Å². The molecule has 1 N–H and O–H groups in total. The summed E-state index contributed by atoms with van der Waals surface area (Å²) in [7, 11) is 3.20. The van der Waals surface area contributed by atoms with Gasteiger partial charge in [-0.3, -0.25) is 4.79 Å². The van der Waals surface area contributed by atoms with E-state index < -0.39 is 0 Å². The summed E-state index contributed by atoms with van der Waals surface area (Å²) in [6.45, 7) is 1.89. The largest absolute Gasteiger partial charge is 0.497 e. The summed E-state index contributed by atoms with van der Waals surface area (Å²) in [5.74, 6) is 1.16. The van der Waals surface area contributed by atoms with Crippen molar-refractivity contribution in [3.8, 4) is 11.5 Å². The van der Waals surface area contributed by atoms with Crippen LogP contribution in [0.15, 0.2) is 41.3 Å². The van der Waals surface area contributed by atoms with Crippen molar-refractivity contribution in [3.63, 3.8) is 0 Å². The second-order valence-electron chi connectivity index (χ2n) is 5.15. The van der Waals surface area contributed by atoms with Gasteiger partial charge in [-0.2, -0.15) is 0 Å². The quantitative estimate of drug-likeness (QED) is 0.762. The maximum absolute atomic E-state index is 12.6. The van der Waals surface area contributed by atoms with Crippen molar-refractivity contribution >= 4 is 29.3 Å². The Morgan fingerprint density at radius 3 is 2.54 bits per heavy atom. The van der Waals surface area contributed by atoms with Crippen LogP contribution in [0.25, 0.3) is 0 Å². The molecule has 1 amide bonds. The highest BCUT2D eigenvalue weighted by atomic mass is 35.5. The lowest BCUT2D eigenvalue weighted by Crippen LogP contribution is -2.27. The number of carbonyl (C=O) groups excluding carboxylic acids is 1. The first kappa shape index (κ1) is 18.5. The average molecular weight is 366 g/mol. The predicted molar refractivity (Wildman–Crippen MR) is 98.7 cm³/mol. The lowest BCUT2D eigenvalue weighted by molar-refractivity contribution is 0.0939. The van der Waals surface area contributed by atoms with Gasteiger partial charge in [-0.25, -0.2) is 0 Å². The summed E-state index contributed by atoms with van der Waals surface area (Å²) in [5, 5.41) is 3.39. The number of carbonyl (C=O) groups is 1. The third-order valence-electron chi connectivity index (χ3n) is 3.67. The first-order chi connectivity index (χ1) is 11.5. The van der Waals surface area contributed by atoms with Gasteiger partial charge in [-0.05, 0) is 49.6 Å². The molecule has 128 valence electrons. The Bertz CT molecular complexity index is 736. The summed E-state index contributed by atoms with van der Waals surface area (Å²) < 4.78 is 10.6. The molecule has 0 spiro atoms. The van der Waals surface area contributed by atoms with E-state index in [9.17, 15) is 4.79 Å². The lowest BCUT2D eigenvalue weighted by Gasteiger charge is -2.19. The van der Waals surface area contributed by atoms with E-state index in [0.717, 1.165) is 10.5 Å². The smallest absolute Gasteiger partial charge is 0.253 e. The molecule has 6 heteroatoms. The predicted octanol–water partition coefficient (Wildman–Crippen LogP) is 4.57. The van der Waals surface area contributed by atoms with E-state index in [1.165, 1.54) is 0 Å². The highest BCUT2D eigenvalue weighted by Gasteiger charge is 2.18. The summed E-state index contributed by atoms with van der Waals surface area (Å²) in [5.41, 5.74) is 1.29. The fraction of sp³-hybridized carbons (Fsp3) is 0.278. The fourth-order valence-electron chi connectivity index (χ4n) is 2.34. The van der Waals surface area contributed by atoms with Crippen LogP contribution in [0.5, 0.6) is 11.5 Å². The van der Waals surface area contributed by atoms with Gasteiger partial charge in [0.25, 0.3) is 5.91 Å². The molecule has 0 aliphatic rings. The molecule has 0 aromatic heterocycles. The Morgan fingerprint density at radius 1 is 1.17 bits per heavy atom. The van der Waals surface area contributed by atoms with E-state index in [1.807, 2.05) is 37.4 Å². The third kappa shape index (κ3) is 4.16. The molecule has 24 heavy (non-hydrogen) atoms. The van der Waals surface area contributed by atoms with Crippen molar-refractivity contribution in [2.24, 2.45) is 0 Å². The van der Waals surface area contributed by atoms with Gasteiger partial charge in [0.15, 0.2) is 0 Å². The number of hydrogen-bond acceptors (Lipinski definition) is 4. The van der Waals surface area contributed by atoms with Gasteiger partial charge in [0.1, 0.15) is 11.5 Å². The van der Waals surface area contributed by atoms with E-state index in [-0.39, 0.29) is 11.9 Å². The van der Waals surface area contributed by atoms with Crippen LogP contribution in [-0.4, -0.2) is 26.4 Å². The molecule has 0 heterocycles. The molecule has 2 aromatic carbocycles. The van der Waals surface area contributed by atoms with Crippen LogP contribution in [-0.2, 0) is 0 Å². The van der Waals surface area contributed by atoms with Gasteiger partial charge in [0.2, 0.25) is 0 Å². The maximum Gasteiger partial charge on any atom is 0.253 e. The molecule has 0 saturated heterocycles. The van der Waals surface area contributed by atoms with E-state index in [4.69, 9.17) is 21.1 Å². The number of hydrogen-bond donors (Lipinski definition) is 1. The minimum Gasteiger partial charge on any atom is -0.497 e. The second-order valence-corrected chi connectivity index (χ2v) is 6.44. The van der Waals surface area contributed by atoms with Gasteiger partial charge < -0.3 is 14.8 Å². The molecule has 0 aliphatic carbocycles. The first-order valence-electron chi connectivity index (χ1n) is 7.36. The van der Waals surface area contributed by atoms with Gasteiger partial charge in [0, 0.05) is 10.5 Å². The molecule has 0 saturated carbocycles. The van der Waals surface area contributed by atoms with Gasteiger partial charge in [0.05, 0.1) is 30.8 Å². The molecule has 0 radical (unpaired) electrons. The molecule has 0 aliphatic heterocycles. The van der Waals surface area contributed by atoms with Crippen molar-refractivity contribution in [1.82, 2.24) is 5.32 Å².